The van der Waals surface area contributed by atoms with Crippen molar-refractivity contribution in [2.75, 3.05) is 0 Å². The molecule has 0 radical (unpaired) electrons. The number of hydrogen-bond donors (Lipinski definition) is 0. The lowest BCUT2D eigenvalue weighted by Crippen LogP contribution is -1.98. The summed E-state index contributed by atoms with van der Waals surface area (Å²) in [6.45, 7) is 9.03. The summed E-state index contributed by atoms with van der Waals surface area (Å²) in [6.07, 6.45) is 0. The zero-order valence-electron chi connectivity index (χ0n) is 14.2. The van der Waals surface area contributed by atoms with Gasteiger partial charge >= 0.3 is 0 Å². The van der Waals surface area contributed by atoms with Gasteiger partial charge in [-0.15, -0.1) is 0 Å². The number of fused-ring (bicyclic) bond motifs is 1. The summed E-state index contributed by atoms with van der Waals surface area (Å²) in [6, 6.07) is 20.0. The molecule has 0 nitrogen and oxygen atoms in total. The molecule has 0 fully saturated rings. The molecule has 0 amide bonds. The second-order valence-electron chi connectivity index (χ2n) is 6.84. The second-order valence-corrected chi connectivity index (χ2v) is 7.63. The zero-order chi connectivity index (χ0) is 16.6. The van der Waals surface area contributed by atoms with Crippen molar-refractivity contribution in [2.45, 2.75) is 39.5 Å². The molecule has 0 atom stereocenters. The van der Waals surface area contributed by atoms with E-state index in [4.69, 9.17) is 0 Å². The Kier molecular flexibility index (Phi) is 4.59. The molecule has 0 bridgehead atoms. The van der Waals surface area contributed by atoms with Crippen LogP contribution in [0.2, 0.25) is 0 Å². The molecule has 1 heteroatoms. The van der Waals surface area contributed by atoms with Crippen molar-refractivity contribution in [3.05, 3.63) is 70.2 Å². The van der Waals surface area contributed by atoms with Gasteiger partial charge in [-0.05, 0) is 63.1 Å². The minimum Gasteiger partial charge on any atom is -0.0616 e. The highest BCUT2D eigenvalue weighted by Gasteiger charge is 2.14. The smallest absolute Gasteiger partial charge is 0.0244 e. The first-order valence-corrected chi connectivity index (χ1v) is 9.09. The summed E-state index contributed by atoms with van der Waals surface area (Å²) >= 11 is 3.83. The largest absolute Gasteiger partial charge is 0.0616 e. The van der Waals surface area contributed by atoms with Crippen LogP contribution in [-0.2, 0) is 0 Å². The van der Waals surface area contributed by atoms with Crippen LogP contribution in [-0.4, -0.2) is 0 Å². The third-order valence-corrected chi connectivity index (χ3v) is 5.37. The quantitative estimate of drug-likeness (QED) is 0.449. The Morgan fingerprint density at radius 1 is 0.652 bits per heavy atom. The monoisotopic (exact) mass is 366 g/mol. The average molecular weight is 367 g/mol. The van der Waals surface area contributed by atoms with Gasteiger partial charge in [0.2, 0.25) is 0 Å². The average Bonchev–Trinajstić information content (AvgIpc) is 2.54. The summed E-state index contributed by atoms with van der Waals surface area (Å²) in [5, 5.41) is 2.59. The SMILES string of the molecule is CC(C)c1cc(-c2ccc3ccccc3c2)cc(C(C)C)c1Br. The summed E-state index contributed by atoms with van der Waals surface area (Å²) in [4.78, 5) is 0. The van der Waals surface area contributed by atoms with Crippen molar-refractivity contribution in [2.24, 2.45) is 0 Å². The molecule has 0 aromatic heterocycles. The third-order valence-electron chi connectivity index (χ3n) is 4.46. The summed E-state index contributed by atoms with van der Waals surface area (Å²) in [7, 11) is 0. The van der Waals surface area contributed by atoms with Crippen LogP contribution >= 0.6 is 15.9 Å². The van der Waals surface area contributed by atoms with Crippen LogP contribution in [0.15, 0.2) is 59.1 Å². The third kappa shape index (κ3) is 3.21. The zero-order valence-corrected chi connectivity index (χ0v) is 15.8. The molecule has 0 heterocycles. The second kappa shape index (κ2) is 6.49. The number of halogens is 1. The van der Waals surface area contributed by atoms with Gasteiger partial charge in [-0.1, -0.05) is 80.0 Å². The molecule has 0 N–H and O–H groups in total. The fourth-order valence-electron chi connectivity index (χ4n) is 3.05. The van der Waals surface area contributed by atoms with E-state index in [2.05, 4.69) is 98.2 Å². The highest BCUT2D eigenvalue weighted by molar-refractivity contribution is 9.10. The maximum atomic E-state index is 3.83. The molecule has 23 heavy (non-hydrogen) atoms. The molecular formula is C22H23Br. The van der Waals surface area contributed by atoms with Gasteiger partial charge in [0, 0.05) is 4.47 Å². The first-order valence-electron chi connectivity index (χ1n) is 8.30. The van der Waals surface area contributed by atoms with Crippen LogP contribution in [0.4, 0.5) is 0 Å². The molecule has 118 valence electrons. The van der Waals surface area contributed by atoms with Gasteiger partial charge < -0.3 is 0 Å². The van der Waals surface area contributed by atoms with Gasteiger partial charge in [-0.2, -0.15) is 0 Å². The maximum absolute atomic E-state index is 3.83. The van der Waals surface area contributed by atoms with E-state index in [1.165, 1.54) is 37.5 Å². The van der Waals surface area contributed by atoms with Gasteiger partial charge in [0.1, 0.15) is 0 Å². The standard InChI is InChI=1S/C22H23Br/c1-14(2)20-12-19(13-21(15(3)4)22(20)23)18-10-9-16-7-5-6-8-17(16)11-18/h5-15H,1-4H3. The van der Waals surface area contributed by atoms with E-state index in [0.717, 1.165) is 0 Å². The number of benzene rings is 3. The Balaban J connectivity index is 2.21. The van der Waals surface area contributed by atoms with Crippen molar-refractivity contribution in [3.8, 4) is 11.1 Å². The van der Waals surface area contributed by atoms with Gasteiger partial charge in [0.05, 0.1) is 0 Å². The van der Waals surface area contributed by atoms with Gasteiger partial charge in [0.25, 0.3) is 0 Å². The van der Waals surface area contributed by atoms with Crippen LogP contribution in [0.25, 0.3) is 21.9 Å². The predicted molar refractivity (Wildman–Crippen MR) is 105 cm³/mol. The molecule has 0 aliphatic carbocycles. The number of rotatable bonds is 3. The van der Waals surface area contributed by atoms with Crippen molar-refractivity contribution in [3.63, 3.8) is 0 Å². The Bertz CT molecular complexity index is 814. The molecule has 0 aliphatic rings. The maximum Gasteiger partial charge on any atom is 0.0244 e. The van der Waals surface area contributed by atoms with Crippen molar-refractivity contribution in [1.29, 1.82) is 0 Å². The van der Waals surface area contributed by atoms with Crippen LogP contribution < -0.4 is 0 Å². The topological polar surface area (TPSA) is 0 Å². The van der Waals surface area contributed by atoms with E-state index in [1.807, 2.05) is 0 Å². The molecule has 0 spiro atoms. The van der Waals surface area contributed by atoms with Gasteiger partial charge in [-0.25, -0.2) is 0 Å². The molecule has 3 aromatic carbocycles. The van der Waals surface area contributed by atoms with Crippen LogP contribution in [0, 0.1) is 0 Å². The Morgan fingerprint density at radius 2 is 1.22 bits per heavy atom. The summed E-state index contributed by atoms with van der Waals surface area (Å²) in [5.74, 6) is 1.00. The highest BCUT2D eigenvalue weighted by Crippen LogP contribution is 2.37. The van der Waals surface area contributed by atoms with Gasteiger partial charge in [-0.3, -0.25) is 0 Å². The molecular weight excluding hydrogens is 344 g/mol. The Morgan fingerprint density at radius 3 is 1.78 bits per heavy atom. The minimum atomic E-state index is 0.502. The molecule has 0 aliphatic heterocycles. The molecule has 0 saturated heterocycles. The van der Waals surface area contributed by atoms with E-state index in [1.54, 1.807) is 0 Å². The van der Waals surface area contributed by atoms with E-state index in [9.17, 15) is 0 Å². The van der Waals surface area contributed by atoms with E-state index in [0.29, 0.717) is 11.8 Å². The van der Waals surface area contributed by atoms with Crippen molar-refractivity contribution >= 4 is 26.7 Å². The van der Waals surface area contributed by atoms with Crippen LogP contribution in [0.5, 0.6) is 0 Å². The number of hydrogen-bond acceptors (Lipinski definition) is 0. The normalized spacial score (nSPS) is 11.6. The van der Waals surface area contributed by atoms with Crippen LogP contribution in [0.3, 0.4) is 0 Å². The van der Waals surface area contributed by atoms with E-state index >= 15 is 0 Å². The lowest BCUT2D eigenvalue weighted by Gasteiger charge is -2.18. The first kappa shape index (κ1) is 16.3. The fraction of sp³-hybridized carbons (Fsp3) is 0.273. The molecule has 3 rings (SSSR count). The predicted octanol–water partition coefficient (Wildman–Crippen LogP) is 7.52. The summed E-state index contributed by atoms with van der Waals surface area (Å²) < 4.78 is 1.27. The first-order chi connectivity index (χ1) is 11.0. The lowest BCUT2D eigenvalue weighted by atomic mass is 9.90. The van der Waals surface area contributed by atoms with E-state index < -0.39 is 0 Å². The molecule has 0 saturated carbocycles. The van der Waals surface area contributed by atoms with Crippen LogP contribution in [0.1, 0.15) is 50.7 Å². The fourth-order valence-corrected chi connectivity index (χ4v) is 4.19. The van der Waals surface area contributed by atoms with E-state index in [-0.39, 0.29) is 0 Å². The van der Waals surface area contributed by atoms with Crippen molar-refractivity contribution < 1.29 is 0 Å². The lowest BCUT2D eigenvalue weighted by molar-refractivity contribution is 0.824. The van der Waals surface area contributed by atoms with Gasteiger partial charge in [0.15, 0.2) is 0 Å². The Labute approximate surface area is 147 Å². The minimum absolute atomic E-state index is 0.502. The Hall–Kier alpha value is -1.60. The molecule has 0 unspecified atom stereocenters. The highest BCUT2D eigenvalue weighted by atomic mass is 79.9. The molecule has 3 aromatic rings. The van der Waals surface area contributed by atoms with Crippen molar-refractivity contribution in [1.82, 2.24) is 0 Å². The summed E-state index contributed by atoms with van der Waals surface area (Å²) in [5.41, 5.74) is 5.38.